The van der Waals surface area contributed by atoms with Crippen molar-refractivity contribution in [3.8, 4) is 0 Å². The smallest absolute Gasteiger partial charge is 0.242 e. The Labute approximate surface area is 113 Å². The molecule has 4 nitrogen and oxygen atoms in total. The van der Waals surface area contributed by atoms with Crippen molar-refractivity contribution in [2.24, 2.45) is 11.7 Å². The molecule has 0 atom stereocenters. The molecule has 0 saturated heterocycles. The lowest BCUT2D eigenvalue weighted by Crippen LogP contribution is -2.56. The molecule has 0 heterocycles. The summed E-state index contributed by atoms with van der Waals surface area (Å²) in [6, 6.07) is 0. The van der Waals surface area contributed by atoms with Crippen LogP contribution in [0.1, 0.15) is 40.5 Å². The molecular formula is C14H31N3O. The maximum Gasteiger partial charge on any atom is 0.242 e. The van der Waals surface area contributed by atoms with E-state index >= 15 is 0 Å². The highest BCUT2D eigenvalue weighted by Crippen LogP contribution is 2.16. The second-order valence-corrected chi connectivity index (χ2v) is 5.81. The highest BCUT2D eigenvalue weighted by Gasteiger charge is 2.34. The van der Waals surface area contributed by atoms with Gasteiger partial charge < -0.3 is 15.5 Å². The van der Waals surface area contributed by atoms with E-state index in [0.717, 1.165) is 19.6 Å². The molecule has 0 spiro atoms. The van der Waals surface area contributed by atoms with E-state index in [-0.39, 0.29) is 5.91 Å². The van der Waals surface area contributed by atoms with Crippen molar-refractivity contribution in [3.63, 3.8) is 0 Å². The molecule has 0 unspecified atom stereocenters. The number of nitrogens with two attached hydrogens (primary N) is 1. The first-order valence-electron chi connectivity index (χ1n) is 6.99. The fourth-order valence-electron chi connectivity index (χ4n) is 1.90. The molecule has 0 aromatic rings. The van der Waals surface area contributed by atoms with Crippen LogP contribution in [0.5, 0.6) is 0 Å². The number of hydrogen-bond acceptors (Lipinski definition) is 3. The first-order chi connectivity index (χ1) is 8.26. The summed E-state index contributed by atoms with van der Waals surface area (Å²) in [5.74, 6) is 0.567. The predicted octanol–water partition coefficient (Wildman–Crippen LogP) is 1.55. The standard InChI is InChI=1S/C14H31N3O/c1-7-14(15,8-2)13(18)17(11-12(3)4)10-9-16(5)6/h12H,7-11,15H2,1-6H3. The van der Waals surface area contributed by atoms with Crippen molar-refractivity contribution in [1.82, 2.24) is 9.80 Å². The molecule has 0 radical (unpaired) electrons. The largest absolute Gasteiger partial charge is 0.340 e. The van der Waals surface area contributed by atoms with E-state index in [4.69, 9.17) is 5.73 Å². The van der Waals surface area contributed by atoms with Gasteiger partial charge in [0.1, 0.15) is 0 Å². The van der Waals surface area contributed by atoms with E-state index in [1.165, 1.54) is 0 Å². The Kier molecular flexibility index (Phi) is 7.48. The van der Waals surface area contributed by atoms with E-state index in [0.29, 0.717) is 18.8 Å². The van der Waals surface area contributed by atoms with Crippen LogP contribution in [0.2, 0.25) is 0 Å². The normalized spacial score (nSPS) is 12.3. The number of nitrogens with zero attached hydrogens (tertiary/aromatic N) is 2. The molecule has 0 bridgehead atoms. The van der Waals surface area contributed by atoms with Crippen molar-refractivity contribution < 1.29 is 4.79 Å². The highest BCUT2D eigenvalue weighted by atomic mass is 16.2. The summed E-state index contributed by atoms with van der Waals surface area (Å²) in [4.78, 5) is 16.6. The van der Waals surface area contributed by atoms with Crippen molar-refractivity contribution in [2.75, 3.05) is 33.7 Å². The van der Waals surface area contributed by atoms with Crippen LogP contribution in [0.15, 0.2) is 0 Å². The van der Waals surface area contributed by atoms with E-state index in [2.05, 4.69) is 18.7 Å². The molecule has 0 aliphatic rings. The molecule has 0 saturated carbocycles. The Morgan fingerprint density at radius 2 is 1.67 bits per heavy atom. The van der Waals surface area contributed by atoms with Crippen LogP contribution in [0.3, 0.4) is 0 Å². The molecule has 0 aromatic heterocycles. The Hall–Kier alpha value is -0.610. The first kappa shape index (κ1) is 17.4. The molecule has 2 N–H and O–H groups in total. The average molecular weight is 257 g/mol. The van der Waals surface area contributed by atoms with Gasteiger partial charge >= 0.3 is 0 Å². The predicted molar refractivity (Wildman–Crippen MR) is 77.5 cm³/mol. The van der Waals surface area contributed by atoms with Gasteiger partial charge in [0, 0.05) is 19.6 Å². The lowest BCUT2D eigenvalue weighted by atomic mass is 9.92. The zero-order chi connectivity index (χ0) is 14.3. The van der Waals surface area contributed by atoms with Gasteiger partial charge in [0.2, 0.25) is 5.91 Å². The number of hydrogen-bond donors (Lipinski definition) is 1. The van der Waals surface area contributed by atoms with Crippen LogP contribution in [-0.2, 0) is 4.79 Å². The zero-order valence-corrected chi connectivity index (χ0v) is 13.0. The summed E-state index contributed by atoms with van der Waals surface area (Å²) in [5.41, 5.74) is 5.53. The van der Waals surface area contributed by atoms with Gasteiger partial charge in [-0.3, -0.25) is 4.79 Å². The second-order valence-electron chi connectivity index (χ2n) is 5.81. The number of carbonyl (C=O) groups excluding carboxylic acids is 1. The number of amides is 1. The van der Waals surface area contributed by atoms with Crippen LogP contribution in [0, 0.1) is 5.92 Å². The molecule has 0 rings (SSSR count). The molecule has 4 heteroatoms. The maximum atomic E-state index is 12.6. The first-order valence-corrected chi connectivity index (χ1v) is 6.99. The van der Waals surface area contributed by atoms with Gasteiger partial charge in [-0.05, 0) is 32.9 Å². The monoisotopic (exact) mass is 257 g/mol. The van der Waals surface area contributed by atoms with Gasteiger partial charge in [0.25, 0.3) is 0 Å². The minimum atomic E-state index is -0.693. The lowest BCUT2D eigenvalue weighted by Gasteiger charge is -2.34. The van der Waals surface area contributed by atoms with Crippen LogP contribution in [-0.4, -0.2) is 55.0 Å². The maximum absolute atomic E-state index is 12.6. The molecule has 0 aliphatic carbocycles. The Morgan fingerprint density at radius 1 is 1.17 bits per heavy atom. The van der Waals surface area contributed by atoms with Crippen molar-refractivity contribution in [2.45, 2.75) is 46.1 Å². The Bertz CT molecular complexity index is 247. The average Bonchev–Trinajstić information content (AvgIpc) is 2.31. The van der Waals surface area contributed by atoms with E-state index < -0.39 is 5.54 Å². The third-order valence-electron chi connectivity index (χ3n) is 3.38. The van der Waals surface area contributed by atoms with Crippen LogP contribution in [0.25, 0.3) is 0 Å². The molecule has 0 aliphatic heterocycles. The molecule has 1 amide bonds. The van der Waals surface area contributed by atoms with Crippen LogP contribution >= 0.6 is 0 Å². The third kappa shape index (κ3) is 5.36. The minimum absolute atomic E-state index is 0.100. The quantitative estimate of drug-likeness (QED) is 0.718. The van der Waals surface area contributed by atoms with Gasteiger partial charge in [0.15, 0.2) is 0 Å². The summed E-state index contributed by atoms with van der Waals surface area (Å²) >= 11 is 0. The van der Waals surface area contributed by atoms with Gasteiger partial charge in [-0.15, -0.1) is 0 Å². The van der Waals surface area contributed by atoms with Gasteiger partial charge in [0.05, 0.1) is 5.54 Å². The fourth-order valence-corrected chi connectivity index (χ4v) is 1.90. The number of likely N-dealkylation sites (N-methyl/N-ethyl adjacent to an activating group) is 1. The van der Waals surface area contributed by atoms with Crippen molar-refractivity contribution in [3.05, 3.63) is 0 Å². The topological polar surface area (TPSA) is 49.6 Å². The van der Waals surface area contributed by atoms with E-state index in [1.807, 2.05) is 32.8 Å². The van der Waals surface area contributed by atoms with Gasteiger partial charge in [-0.25, -0.2) is 0 Å². The van der Waals surface area contributed by atoms with Gasteiger partial charge in [-0.2, -0.15) is 0 Å². The van der Waals surface area contributed by atoms with Crippen LogP contribution < -0.4 is 5.73 Å². The Morgan fingerprint density at radius 3 is 2.00 bits per heavy atom. The molecule has 18 heavy (non-hydrogen) atoms. The van der Waals surface area contributed by atoms with Gasteiger partial charge in [-0.1, -0.05) is 27.7 Å². The molecule has 0 fully saturated rings. The van der Waals surface area contributed by atoms with E-state index in [1.54, 1.807) is 0 Å². The Balaban J connectivity index is 4.77. The SMILES string of the molecule is CCC(N)(CC)C(=O)N(CCN(C)C)CC(C)C. The number of rotatable bonds is 8. The summed E-state index contributed by atoms with van der Waals surface area (Å²) in [7, 11) is 4.04. The summed E-state index contributed by atoms with van der Waals surface area (Å²) < 4.78 is 0. The van der Waals surface area contributed by atoms with Crippen molar-refractivity contribution >= 4 is 5.91 Å². The van der Waals surface area contributed by atoms with Crippen LogP contribution in [0.4, 0.5) is 0 Å². The summed E-state index contributed by atoms with van der Waals surface area (Å²) in [6.45, 7) is 10.6. The second kappa shape index (κ2) is 7.74. The highest BCUT2D eigenvalue weighted by molar-refractivity contribution is 5.86. The zero-order valence-electron chi connectivity index (χ0n) is 13.0. The third-order valence-corrected chi connectivity index (χ3v) is 3.38. The van der Waals surface area contributed by atoms with Crippen molar-refractivity contribution in [1.29, 1.82) is 0 Å². The summed E-state index contributed by atoms with van der Waals surface area (Å²) in [6.07, 6.45) is 1.39. The number of carbonyl (C=O) groups is 1. The minimum Gasteiger partial charge on any atom is -0.340 e. The molecular weight excluding hydrogens is 226 g/mol. The fraction of sp³-hybridized carbons (Fsp3) is 0.929. The molecule has 108 valence electrons. The van der Waals surface area contributed by atoms with E-state index in [9.17, 15) is 4.79 Å². The summed E-state index contributed by atoms with van der Waals surface area (Å²) in [5, 5.41) is 0. The lowest BCUT2D eigenvalue weighted by molar-refractivity contribution is -0.138. The molecule has 0 aromatic carbocycles.